The first kappa shape index (κ1) is 14.8. The van der Waals surface area contributed by atoms with Crippen molar-refractivity contribution in [1.82, 2.24) is 4.98 Å². The molecular weight excluding hydrogens is 424 g/mol. The van der Waals surface area contributed by atoms with Gasteiger partial charge in [-0.25, -0.2) is 4.39 Å². The Labute approximate surface area is 141 Å². The highest BCUT2D eigenvalue weighted by Gasteiger charge is 2.16. The van der Waals surface area contributed by atoms with Crippen LogP contribution in [0.4, 0.5) is 4.39 Å². The largest absolute Gasteiger partial charge is 0.506 e. The van der Waals surface area contributed by atoms with Gasteiger partial charge < -0.3 is 5.11 Å². The maximum Gasteiger partial charge on any atom is 0.144 e. The van der Waals surface area contributed by atoms with Crippen LogP contribution >= 0.6 is 43.5 Å². The van der Waals surface area contributed by atoms with E-state index in [1.54, 1.807) is 24.4 Å². The lowest BCUT2D eigenvalue weighted by Crippen LogP contribution is -1.88. The zero-order chi connectivity index (χ0) is 15.1. The zero-order valence-electron chi connectivity index (χ0n) is 10.4. The number of rotatable bonds is 1. The lowest BCUT2D eigenvalue weighted by molar-refractivity contribution is 0.469. The number of aromatic nitrogens is 1. The molecule has 0 bridgehead atoms. The molecule has 0 amide bonds. The summed E-state index contributed by atoms with van der Waals surface area (Å²) in [5, 5.41) is 11.1. The van der Waals surface area contributed by atoms with Crippen molar-refractivity contribution in [3.05, 3.63) is 56.3 Å². The minimum atomic E-state index is -0.314. The van der Waals surface area contributed by atoms with E-state index < -0.39 is 0 Å². The highest BCUT2D eigenvalue weighted by atomic mass is 79.9. The van der Waals surface area contributed by atoms with E-state index in [1.807, 2.05) is 0 Å². The SMILES string of the molecule is Oc1c(Br)cc2ncc(-c3ccc(F)cc3)c(Cl)c2c1Br. The molecule has 0 radical (unpaired) electrons. The number of hydrogen-bond acceptors (Lipinski definition) is 2. The molecule has 0 saturated heterocycles. The first-order valence-corrected chi connectivity index (χ1v) is 7.86. The van der Waals surface area contributed by atoms with Crippen molar-refractivity contribution in [2.45, 2.75) is 0 Å². The molecule has 0 aliphatic heterocycles. The summed E-state index contributed by atoms with van der Waals surface area (Å²) in [4.78, 5) is 4.35. The van der Waals surface area contributed by atoms with Crippen molar-refractivity contribution in [3.8, 4) is 16.9 Å². The fourth-order valence-corrected chi connectivity index (χ4v) is 3.82. The van der Waals surface area contributed by atoms with E-state index in [4.69, 9.17) is 11.6 Å². The Morgan fingerprint density at radius 2 is 1.81 bits per heavy atom. The summed E-state index contributed by atoms with van der Waals surface area (Å²) in [6, 6.07) is 7.69. The third kappa shape index (κ3) is 2.54. The minimum absolute atomic E-state index is 0.0578. The van der Waals surface area contributed by atoms with Crippen LogP contribution in [-0.2, 0) is 0 Å². The van der Waals surface area contributed by atoms with E-state index in [0.717, 1.165) is 5.56 Å². The van der Waals surface area contributed by atoms with E-state index in [-0.39, 0.29) is 11.6 Å². The van der Waals surface area contributed by atoms with Crippen LogP contribution in [0.3, 0.4) is 0 Å². The van der Waals surface area contributed by atoms with Gasteiger partial charge in [0.2, 0.25) is 0 Å². The van der Waals surface area contributed by atoms with Crippen LogP contribution in [0.5, 0.6) is 5.75 Å². The number of nitrogens with zero attached hydrogens (tertiary/aromatic N) is 1. The summed E-state index contributed by atoms with van der Waals surface area (Å²) >= 11 is 13.0. The quantitative estimate of drug-likeness (QED) is 0.518. The van der Waals surface area contributed by atoms with Gasteiger partial charge in [-0.1, -0.05) is 23.7 Å². The smallest absolute Gasteiger partial charge is 0.144 e. The Hall–Kier alpha value is -1.17. The highest BCUT2D eigenvalue weighted by molar-refractivity contribution is 9.11. The number of halogens is 4. The second-order valence-corrected chi connectivity index (χ2v) is 6.43. The molecule has 0 saturated carbocycles. The second kappa shape index (κ2) is 5.55. The van der Waals surface area contributed by atoms with Gasteiger partial charge in [0.05, 0.1) is 19.5 Å². The first-order chi connectivity index (χ1) is 9.99. The third-order valence-corrected chi connectivity index (χ3v) is 4.89. The van der Waals surface area contributed by atoms with Gasteiger partial charge in [-0.15, -0.1) is 0 Å². The van der Waals surface area contributed by atoms with Gasteiger partial charge in [0.15, 0.2) is 0 Å². The van der Waals surface area contributed by atoms with Gasteiger partial charge in [-0.05, 0) is 55.6 Å². The molecule has 1 aromatic heterocycles. The van der Waals surface area contributed by atoms with Gasteiger partial charge in [-0.2, -0.15) is 0 Å². The normalized spacial score (nSPS) is 11.0. The van der Waals surface area contributed by atoms with E-state index in [0.29, 0.717) is 30.4 Å². The average Bonchev–Trinajstić information content (AvgIpc) is 2.46. The number of pyridine rings is 1. The maximum absolute atomic E-state index is 13.0. The van der Waals surface area contributed by atoms with E-state index in [2.05, 4.69) is 36.8 Å². The lowest BCUT2D eigenvalue weighted by atomic mass is 10.0. The molecular formula is C15H7Br2ClFNO. The van der Waals surface area contributed by atoms with Gasteiger partial charge in [0.25, 0.3) is 0 Å². The maximum atomic E-state index is 13.0. The van der Waals surface area contributed by atoms with Gasteiger partial charge in [0.1, 0.15) is 11.6 Å². The van der Waals surface area contributed by atoms with Crippen LogP contribution in [0.25, 0.3) is 22.0 Å². The Morgan fingerprint density at radius 3 is 2.48 bits per heavy atom. The summed E-state index contributed by atoms with van der Waals surface area (Å²) < 4.78 is 14.0. The lowest BCUT2D eigenvalue weighted by Gasteiger charge is -2.11. The predicted octanol–water partition coefficient (Wildman–Crippen LogP) is 5.92. The van der Waals surface area contributed by atoms with Crippen molar-refractivity contribution in [1.29, 1.82) is 0 Å². The summed E-state index contributed by atoms with van der Waals surface area (Å²) in [7, 11) is 0. The van der Waals surface area contributed by atoms with Crippen molar-refractivity contribution >= 4 is 54.4 Å². The molecule has 2 aromatic carbocycles. The Bertz CT molecular complexity index is 853. The van der Waals surface area contributed by atoms with Crippen molar-refractivity contribution < 1.29 is 9.50 Å². The van der Waals surface area contributed by atoms with Gasteiger partial charge in [-0.3, -0.25) is 4.98 Å². The summed E-state index contributed by atoms with van der Waals surface area (Å²) in [5.74, 6) is -0.256. The standard InChI is InChI=1S/C15H7Br2ClFNO/c16-10-5-11-12(13(17)15(10)21)14(18)9(6-20-11)7-1-3-8(19)4-2-7/h1-6,21H. The summed E-state index contributed by atoms with van der Waals surface area (Å²) in [6.07, 6.45) is 1.63. The number of phenolic OH excluding ortho intramolecular Hbond substituents is 1. The van der Waals surface area contributed by atoms with Crippen LogP contribution in [0, 0.1) is 5.82 Å². The van der Waals surface area contributed by atoms with Crippen LogP contribution in [0.15, 0.2) is 45.5 Å². The van der Waals surface area contributed by atoms with E-state index in [1.165, 1.54) is 12.1 Å². The van der Waals surface area contributed by atoms with Crippen molar-refractivity contribution in [2.24, 2.45) is 0 Å². The summed E-state index contributed by atoms with van der Waals surface area (Å²) in [5.41, 5.74) is 2.07. The van der Waals surface area contributed by atoms with Crippen LogP contribution in [-0.4, -0.2) is 10.1 Å². The second-order valence-electron chi connectivity index (χ2n) is 4.41. The topological polar surface area (TPSA) is 33.1 Å². The first-order valence-electron chi connectivity index (χ1n) is 5.90. The monoisotopic (exact) mass is 429 g/mol. The molecule has 0 fully saturated rings. The predicted molar refractivity (Wildman–Crippen MR) is 89.2 cm³/mol. The van der Waals surface area contributed by atoms with Crippen molar-refractivity contribution in [2.75, 3.05) is 0 Å². The minimum Gasteiger partial charge on any atom is -0.506 e. The summed E-state index contributed by atoms with van der Waals surface area (Å²) in [6.45, 7) is 0. The molecule has 106 valence electrons. The Kier molecular flexibility index (Phi) is 3.90. The van der Waals surface area contributed by atoms with E-state index >= 15 is 0 Å². The van der Waals surface area contributed by atoms with Gasteiger partial charge >= 0.3 is 0 Å². The number of hydrogen-bond donors (Lipinski definition) is 1. The molecule has 2 nitrogen and oxygen atoms in total. The molecule has 0 spiro atoms. The Balaban J connectivity index is 2.32. The van der Waals surface area contributed by atoms with Crippen LogP contribution < -0.4 is 0 Å². The molecule has 21 heavy (non-hydrogen) atoms. The number of fused-ring (bicyclic) bond motifs is 1. The number of aromatic hydroxyl groups is 1. The molecule has 3 rings (SSSR count). The molecule has 0 aliphatic carbocycles. The fourth-order valence-electron chi connectivity index (χ4n) is 2.06. The highest BCUT2D eigenvalue weighted by Crippen LogP contribution is 2.43. The van der Waals surface area contributed by atoms with Crippen LogP contribution in [0.2, 0.25) is 5.02 Å². The number of benzene rings is 2. The Morgan fingerprint density at radius 1 is 1.14 bits per heavy atom. The van der Waals surface area contributed by atoms with Crippen molar-refractivity contribution in [3.63, 3.8) is 0 Å². The molecule has 3 aromatic rings. The number of phenols is 1. The zero-order valence-corrected chi connectivity index (χ0v) is 14.3. The molecule has 0 atom stereocenters. The third-order valence-electron chi connectivity index (χ3n) is 3.12. The molecule has 1 N–H and O–H groups in total. The van der Waals surface area contributed by atoms with E-state index in [9.17, 15) is 9.50 Å². The van der Waals surface area contributed by atoms with Crippen LogP contribution in [0.1, 0.15) is 0 Å². The average molecular weight is 431 g/mol. The molecule has 6 heteroatoms. The van der Waals surface area contributed by atoms with Gasteiger partial charge in [0, 0.05) is 17.1 Å². The molecule has 0 unspecified atom stereocenters. The molecule has 1 heterocycles. The molecule has 0 aliphatic rings. The fraction of sp³-hybridized carbons (Fsp3) is 0.